The number of nitrogens with two attached hydrogens (primary N) is 1. The zero-order valence-electron chi connectivity index (χ0n) is 12.3. The average molecular weight is 315 g/mol. The summed E-state index contributed by atoms with van der Waals surface area (Å²) in [6.45, 7) is 2.17. The molecule has 3 rings (SSSR count). The second-order valence-electron chi connectivity index (χ2n) is 4.96. The molecule has 0 fully saturated rings. The van der Waals surface area contributed by atoms with Crippen molar-refractivity contribution in [2.45, 2.75) is 13.5 Å². The topological polar surface area (TPSA) is 110 Å². The van der Waals surface area contributed by atoms with Crippen LogP contribution >= 0.6 is 0 Å². The molecule has 0 aliphatic heterocycles. The summed E-state index contributed by atoms with van der Waals surface area (Å²) in [7, 11) is 0. The molecule has 0 unspecified atom stereocenters. The molecule has 0 bridgehead atoms. The van der Waals surface area contributed by atoms with Crippen LogP contribution in [0, 0.1) is 12.7 Å². The highest BCUT2D eigenvalue weighted by Gasteiger charge is 2.15. The number of halogens is 1. The number of anilines is 1. The number of nitrogens with zero attached hydrogens (tertiary/aromatic N) is 2. The first-order valence-electron chi connectivity index (χ1n) is 6.85. The SMILES string of the molecule is Cc1onc(-c2ccc(F)cc2)c1CNc1cc(C(N)=O)[nH]n1. The van der Waals surface area contributed by atoms with E-state index in [1.54, 1.807) is 19.1 Å². The monoisotopic (exact) mass is 315 g/mol. The molecule has 1 aromatic carbocycles. The third-order valence-corrected chi connectivity index (χ3v) is 3.39. The first-order chi connectivity index (χ1) is 11.0. The molecule has 7 nitrogen and oxygen atoms in total. The Labute approximate surface area is 130 Å². The van der Waals surface area contributed by atoms with Crippen molar-refractivity contribution in [3.05, 3.63) is 53.2 Å². The number of benzene rings is 1. The molecule has 0 atom stereocenters. The molecule has 0 radical (unpaired) electrons. The van der Waals surface area contributed by atoms with Crippen LogP contribution in [0.25, 0.3) is 11.3 Å². The first-order valence-corrected chi connectivity index (χ1v) is 6.85. The van der Waals surface area contributed by atoms with Gasteiger partial charge in [-0.3, -0.25) is 9.89 Å². The van der Waals surface area contributed by atoms with E-state index in [9.17, 15) is 9.18 Å². The van der Waals surface area contributed by atoms with Gasteiger partial charge in [-0.15, -0.1) is 0 Å². The number of hydrogen-bond acceptors (Lipinski definition) is 5. The molecule has 0 saturated carbocycles. The number of aromatic nitrogens is 3. The van der Waals surface area contributed by atoms with Crippen LogP contribution < -0.4 is 11.1 Å². The smallest absolute Gasteiger partial charge is 0.266 e. The van der Waals surface area contributed by atoms with Gasteiger partial charge in [0.15, 0.2) is 0 Å². The van der Waals surface area contributed by atoms with Crippen molar-refractivity contribution >= 4 is 11.7 Å². The predicted octanol–water partition coefficient (Wildman–Crippen LogP) is 2.22. The van der Waals surface area contributed by atoms with Crippen LogP contribution in [0.3, 0.4) is 0 Å². The van der Waals surface area contributed by atoms with Crippen LogP contribution in [0.4, 0.5) is 10.2 Å². The van der Waals surface area contributed by atoms with Gasteiger partial charge in [-0.25, -0.2) is 4.39 Å². The van der Waals surface area contributed by atoms with E-state index in [4.69, 9.17) is 10.3 Å². The summed E-state index contributed by atoms with van der Waals surface area (Å²) in [5.74, 6) is 0.217. The molecule has 3 aromatic rings. The molecule has 8 heteroatoms. The number of carbonyl (C=O) groups is 1. The Bertz CT molecular complexity index is 838. The second-order valence-corrected chi connectivity index (χ2v) is 4.96. The highest BCUT2D eigenvalue weighted by atomic mass is 19.1. The van der Waals surface area contributed by atoms with Crippen molar-refractivity contribution in [1.82, 2.24) is 15.4 Å². The summed E-state index contributed by atoms with van der Waals surface area (Å²) in [6.07, 6.45) is 0. The first kappa shape index (κ1) is 14.8. The van der Waals surface area contributed by atoms with Crippen molar-refractivity contribution in [3.8, 4) is 11.3 Å². The van der Waals surface area contributed by atoms with Crippen molar-refractivity contribution in [2.75, 3.05) is 5.32 Å². The number of hydrogen-bond donors (Lipinski definition) is 3. The Balaban J connectivity index is 1.81. The Kier molecular flexibility index (Phi) is 3.80. The number of rotatable bonds is 5. The molecule has 2 heterocycles. The normalized spacial score (nSPS) is 10.7. The predicted molar refractivity (Wildman–Crippen MR) is 81.1 cm³/mol. The molecular formula is C15H14FN5O2. The maximum absolute atomic E-state index is 13.0. The minimum atomic E-state index is -0.585. The van der Waals surface area contributed by atoms with Crippen LogP contribution in [0.1, 0.15) is 21.8 Å². The van der Waals surface area contributed by atoms with Gasteiger partial charge >= 0.3 is 0 Å². The van der Waals surface area contributed by atoms with E-state index in [0.717, 1.165) is 11.1 Å². The Morgan fingerprint density at radius 2 is 2.13 bits per heavy atom. The molecular weight excluding hydrogens is 301 g/mol. The number of carbonyl (C=O) groups excluding carboxylic acids is 1. The van der Waals surface area contributed by atoms with E-state index < -0.39 is 5.91 Å². The average Bonchev–Trinajstić information content (AvgIpc) is 3.13. The van der Waals surface area contributed by atoms with Crippen LogP contribution in [0.5, 0.6) is 0 Å². The van der Waals surface area contributed by atoms with Gasteiger partial charge in [0.1, 0.15) is 28.8 Å². The fourth-order valence-corrected chi connectivity index (χ4v) is 2.15. The lowest BCUT2D eigenvalue weighted by molar-refractivity contribution is 0.0995. The number of amides is 1. The van der Waals surface area contributed by atoms with Gasteiger partial charge in [0, 0.05) is 23.7 Å². The maximum Gasteiger partial charge on any atom is 0.266 e. The molecule has 2 aromatic heterocycles. The molecule has 0 saturated heterocycles. The van der Waals surface area contributed by atoms with E-state index in [1.165, 1.54) is 18.2 Å². The van der Waals surface area contributed by atoms with Crippen molar-refractivity contribution in [3.63, 3.8) is 0 Å². The van der Waals surface area contributed by atoms with Crippen LogP contribution in [-0.4, -0.2) is 21.3 Å². The van der Waals surface area contributed by atoms with Gasteiger partial charge in [-0.2, -0.15) is 5.10 Å². The molecule has 23 heavy (non-hydrogen) atoms. The Hall–Kier alpha value is -3.16. The van der Waals surface area contributed by atoms with Crippen molar-refractivity contribution in [2.24, 2.45) is 5.73 Å². The quantitative estimate of drug-likeness (QED) is 0.668. The highest BCUT2D eigenvalue weighted by Crippen LogP contribution is 2.26. The number of H-pyrrole nitrogens is 1. The van der Waals surface area contributed by atoms with Crippen molar-refractivity contribution < 1.29 is 13.7 Å². The molecule has 0 aliphatic rings. The fraction of sp³-hybridized carbons (Fsp3) is 0.133. The number of aromatic amines is 1. The lowest BCUT2D eigenvalue weighted by Gasteiger charge is -2.04. The number of primary amides is 1. The standard InChI is InChI=1S/C15H14FN5O2/c1-8-11(7-18-13-6-12(15(17)22)19-20-13)14(21-23-8)9-2-4-10(16)5-3-9/h2-6H,7H2,1H3,(H2,17,22)(H2,18,19,20). The summed E-state index contributed by atoms with van der Waals surface area (Å²) in [4.78, 5) is 11.0. The van der Waals surface area contributed by atoms with Crippen LogP contribution in [0.15, 0.2) is 34.9 Å². The summed E-state index contributed by atoms with van der Waals surface area (Å²) < 4.78 is 18.3. The Morgan fingerprint density at radius 1 is 1.39 bits per heavy atom. The molecule has 0 aliphatic carbocycles. The molecule has 1 amide bonds. The van der Waals surface area contributed by atoms with Gasteiger partial charge in [0.25, 0.3) is 5.91 Å². The van der Waals surface area contributed by atoms with Crippen LogP contribution in [-0.2, 0) is 6.54 Å². The minimum absolute atomic E-state index is 0.216. The Morgan fingerprint density at radius 3 is 2.78 bits per heavy atom. The molecule has 0 spiro atoms. The van der Waals surface area contributed by atoms with E-state index in [-0.39, 0.29) is 11.5 Å². The fourth-order valence-electron chi connectivity index (χ4n) is 2.15. The third kappa shape index (κ3) is 3.05. The summed E-state index contributed by atoms with van der Waals surface area (Å²) in [6, 6.07) is 7.52. The zero-order valence-corrected chi connectivity index (χ0v) is 12.3. The third-order valence-electron chi connectivity index (χ3n) is 3.39. The lowest BCUT2D eigenvalue weighted by atomic mass is 10.1. The van der Waals surface area contributed by atoms with Gasteiger partial charge in [-0.1, -0.05) is 5.16 Å². The lowest BCUT2D eigenvalue weighted by Crippen LogP contribution is -2.11. The zero-order chi connectivity index (χ0) is 16.4. The van der Waals surface area contributed by atoms with Crippen molar-refractivity contribution in [1.29, 1.82) is 0 Å². The van der Waals surface area contributed by atoms with Crippen LogP contribution in [0.2, 0.25) is 0 Å². The molecule has 118 valence electrons. The van der Waals surface area contributed by atoms with Gasteiger partial charge in [0.2, 0.25) is 0 Å². The summed E-state index contributed by atoms with van der Waals surface area (Å²) >= 11 is 0. The number of aryl methyl sites for hydroxylation is 1. The van der Waals surface area contributed by atoms with E-state index >= 15 is 0 Å². The molecule has 4 N–H and O–H groups in total. The largest absolute Gasteiger partial charge is 0.364 e. The van der Waals surface area contributed by atoms with E-state index in [2.05, 4.69) is 20.7 Å². The van der Waals surface area contributed by atoms with Gasteiger partial charge in [0.05, 0.1) is 0 Å². The van der Waals surface area contributed by atoms with E-state index in [0.29, 0.717) is 23.8 Å². The second kappa shape index (κ2) is 5.91. The van der Waals surface area contributed by atoms with Gasteiger partial charge < -0.3 is 15.6 Å². The number of nitrogens with one attached hydrogen (secondary N) is 2. The van der Waals surface area contributed by atoms with Gasteiger partial charge in [-0.05, 0) is 31.2 Å². The highest BCUT2D eigenvalue weighted by molar-refractivity contribution is 5.91. The summed E-state index contributed by atoms with van der Waals surface area (Å²) in [5, 5.41) is 13.6. The van der Waals surface area contributed by atoms with E-state index in [1.807, 2.05) is 0 Å². The summed E-state index contributed by atoms with van der Waals surface area (Å²) in [5.41, 5.74) is 7.57. The maximum atomic E-state index is 13.0. The minimum Gasteiger partial charge on any atom is -0.364 e.